The van der Waals surface area contributed by atoms with Crippen LogP contribution in [0.4, 0.5) is 0 Å². The Hall–Kier alpha value is -1.23. The van der Waals surface area contributed by atoms with E-state index in [1.54, 1.807) is 4.90 Å². The SMILES string of the molecule is CCCN(CCO)C(=O)C1=COCCO1. The maximum absolute atomic E-state index is 11.8. The molecule has 1 aliphatic rings. The lowest BCUT2D eigenvalue weighted by Gasteiger charge is -2.23. The third-order valence-electron chi connectivity index (χ3n) is 2.01. The van der Waals surface area contributed by atoms with Crippen molar-refractivity contribution in [2.45, 2.75) is 13.3 Å². The van der Waals surface area contributed by atoms with Gasteiger partial charge in [0.15, 0.2) is 0 Å². The van der Waals surface area contributed by atoms with E-state index < -0.39 is 0 Å². The minimum atomic E-state index is -0.217. The lowest BCUT2D eigenvalue weighted by Crippen LogP contribution is -2.36. The molecule has 0 spiro atoms. The molecule has 0 saturated heterocycles. The largest absolute Gasteiger partial charge is 0.494 e. The van der Waals surface area contributed by atoms with Crippen LogP contribution < -0.4 is 0 Å². The number of carbonyl (C=O) groups is 1. The number of aliphatic hydroxyl groups is 1. The van der Waals surface area contributed by atoms with Gasteiger partial charge in [0.05, 0.1) is 6.61 Å². The first kappa shape index (κ1) is 11.8. The summed E-state index contributed by atoms with van der Waals surface area (Å²) in [5, 5.41) is 8.83. The van der Waals surface area contributed by atoms with Crippen LogP contribution in [0.5, 0.6) is 0 Å². The first-order chi connectivity index (χ1) is 7.29. The molecular weight excluding hydrogens is 198 g/mol. The smallest absolute Gasteiger partial charge is 0.292 e. The van der Waals surface area contributed by atoms with Gasteiger partial charge < -0.3 is 19.5 Å². The molecule has 0 aromatic rings. The molecule has 1 N–H and O–H groups in total. The second-order valence-corrected chi connectivity index (χ2v) is 3.22. The number of carbonyl (C=O) groups excluding carboxylic acids is 1. The van der Waals surface area contributed by atoms with Gasteiger partial charge in [0.2, 0.25) is 5.76 Å². The Morgan fingerprint density at radius 1 is 1.53 bits per heavy atom. The normalized spacial score (nSPS) is 14.9. The van der Waals surface area contributed by atoms with E-state index in [4.69, 9.17) is 14.6 Å². The molecule has 1 heterocycles. The van der Waals surface area contributed by atoms with Crippen LogP contribution in [0.1, 0.15) is 13.3 Å². The molecule has 0 radical (unpaired) electrons. The van der Waals surface area contributed by atoms with Crippen LogP contribution in [-0.4, -0.2) is 48.8 Å². The lowest BCUT2D eigenvalue weighted by molar-refractivity contribution is -0.132. The van der Waals surface area contributed by atoms with Crippen molar-refractivity contribution in [3.8, 4) is 0 Å². The van der Waals surface area contributed by atoms with Crippen molar-refractivity contribution >= 4 is 5.91 Å². The Bertz CT molecular complexity index is 234. The average molecular weight is 215 g/mol. The van der Waals surface area contributed by atoms with E-state index in [1.165, 1.54) is 6.26 Å². The molecule has 1 amide bonds. The molecule has 1 aliphatic heterocycles. The fourth-order valence-corrected chi connectivity index (χ4v) is 1.34. The highest BCUT2D eigenvalue weighted by molar-refractivity contribution is 5.91. The highest BCUT2D eigenvalue weighted by Gasteiger charge is 2.20. The van der Waals surface area contributed by atoms with Crippen molar-refractivity contribution in [2.24, 2.45) is 0 Å². The fourth-order valence-electron chi connectivity index (χ4n) is 1.34. The molecule has 1 rings (SSSR count). The van der Waals surface area contributed by atoms with Gasteiger partial charge in [-0.25, -0.2) is 0 Å². The van der Waals surface area contributed by atoms with Crippen LogP contribution in [0.2, 0.25) is 0 Å². The van der Waals surface area contributed by atoms with Gasteiger partial charge in [-0.3, -0.25) is 4.79 Å². The summed E-state index contributed by atoms with van der Waals surface area (Å²) in [6, 6.07) is 0. The minimum Gasteiger partial charge on any atom is -0.494 e. The lowest BCUT2D eigenvalue weighted by atomic mass is 10.3. The number of ether oxygens (including phenoxy) is 2. The molecule has 15 heavy (non-hydrogen) atoms. The van der Waals surface area contributed by atoms with Crippen LogP contribution in [0.3, 0.4) is 0 Å². The van der Waals surface area contributed by atoms with Crippen molar-refractivity contribution < 1.29 is 19.4 Å². The monoisotopic (exact) mass is 215 g/mol. The highest BCUT2D eigenvalue weighted by atomic mass is 16.6. The second kappa shape index (κ2) is 6.29. The molecule has 0 aromatic heterocycles. The molecule has 0 aliphatic carbocycles. The van der Waals surface area contributed by atoms with Gasteiger partial charge >= 0.3 is 0 Å². The van der Waals surface area contributed by atoms with Gasteiger partial charge in [0.25, 0.3) is 5.91 Å². The van der Waals surface area contributed by atoms with Crippen molar-refractivity contribution in [3.63, 3.8) is 0 Å². The summed E-state index contributed by atoms with van der Waals surface area (Å²) in [5.41, 5.74) is 0. The molecule has 0 fully saturated rings. The predicted molar refractivity (Wildman–Crippen MR) is 53.9 cm³/mol. The summed E-state index contributed by atoms with van der Waals surface area (Å²) in [6.45, 7) is 3.75. The molecule has 0 bridgehead atoms. The van der Waals surface area contributed by atoms with E-state index in [9.17, 15) is 4.79 Å². The summed E-state index contributed by atoms with van der Waals surface area (Å²) in [6.07, 6.45) is 2.19. The number of rotatable bonds is 5. The first-order valence-electron chi connectivity index (χ1n) is 5.14. The molecule has 0 atom stereocenters. The minimum absolute atomic E-state index is 0.0418. The van der Waals surface area contributed by atoms with Gasteiger partial charge in [-0.2, -0.15) is 0 Å². The van der Waals surface area contributed by atoms with E-state index in [0.717, 1.165) is 6.42 Å². The maximum atomic E-state index is 11.8. The van der Waals surface area contributed by atoms with Gasteiger partial charge in [-0.15, -0.1) is 0 Å². The summed E-state index contributed by atoms with van der Waals surface area (Å²) in [7, 11) is 0. The predicted octanol–water partition coefficient (Wildman–Crippen LogP) is 0.105. The van der Waals surface area contributed by atoms with E-state index >= 15 is 0 Å². The van der Waals surface area contributed by atoms with Gasteiger partial charge in [-0.1, -0.05) is 6.92 Å². The Kier molecular flexibility index (Phi) is 4.97. The quantitative estimate of drug-likeness (QED) is 0.707. The second-order valence-electron chi connectivity index (χ2n) is 3.22. The molecular formula is C10H17NO4. The summed E-state index contributed by atoms with van der Waals surface area (Å²) >= 11 is 0. The Morgan fingerprint density at radius 3 is 2.87 bits per heavy atom. The Labute approximate surface area is 89.3 Å². The fraction of sp³-hybridized carbons (Fsp3) is 0.700. The number of hydrogen-bond donors (Lipinski definition) is 1. The molecule has 0 unspecified atom stereocenters. The third-order valence-corrected chi connectivity index (χ3v) is 2.01. The van der Waals surface area contributed by atoms with E-state index in [-0.39, 0.29) is 18.3 Å². The van der Waals surface area contributed by atoms with E-state index in [1.807, 2.05) is 6.92 Å². The summed E-state index contributed by atoms with van der Waals surface area (Å²) in [5.74, 6) is 0.00810. The summed E-state index contributed by atoms with van der Waals surface area (Å²) < 4.78 is 10.2. The van der Waals surface area contributed by atoms with Crippen molar-refractivity contribution in [1.82, 2.24) is 4.90 Å². The highest BCUT2D eigenvalue weighted by Crippen LogP contribution is 2.08. The molecule has 0 saturated carbocycles. The number of amides is 1. The Morgan fingerprint density at radius 2 is 2.33 bits per heavy atom. The van der Waals surface area contributed by atoms with Crippen LogP contribution in [-0.2, 0) is 14.3 Å². The molecule has 86 valence electrons. The zero-order valence-electron chi connectivity index (χ0n) is 8.94. The molecule has 5 heteroatoms. The topological polar surface area (TPSA) is 59.0 Å². The Balaban J connectivity index is 2.57. The maximum Gasteiger partial charge on any atom is 0.292 e. The van der Waals surface area contributed by atoms with Gasteiger partial charge in [0, 0.05) is 13.1 Å². The van der Waals surface area contributed by atoms with Crippen LogP contribution in [0, 0.1) is 0 Å². The van der Waals surface area contributed by atoms with Gasteiger partial charge in [-0.05, 0) is 6.42 Å². The molecule has 0 aromatic carbocycles. The average Bonchev–Trinajstić information content (AvgIpc) is 2.29. The zero-order valence-corrected chi connectivity index (χ0v) is 8.94. The van der Waals surface area contributed by atoms with Crippen molar-refractivity contribution in [2.75, 3.05) is 32.9 Å². The van der Waals surface area contributed by atoms with Crippen molar-refractivity contribution in [1.29, 1.82) is 0 Å². The van der Waals surface area contributed by atoms with Crippen molar-refractivity contribution in [3.05, 3.63) is 12.0 Å². The van der Waals surface area contributed by atoms with Crippen LogP contribution in [0.25, 0.3) is 0 Å². The third kappa shape index (κ3) is 3.43. The van der Waals surface area contributed by atoms with E-state index in [2.05, 4.69) is 0 Å². The van der Waals surface area contributed by atoms with Crippen LogP contribution >= 0.6 is 0 Å². The summed E-state index contributed by atoms with van der Waals surface area (Å²) in [4.78, 5) is 13.4. The zero-order chi connectivity index (χ0) is 11.1. The van der Waals surface area contributed by atoms with E-state index in [0.29, 0.717) is 26.3 Å². The number of hydrogen-bond acceptors (Lipinski definition) is 4. The standard InChI is InChI=1S/C10H17NO4/c1-2-3-11(4-5-12)10(13)9-8-14-6-7-15-9/h8,12H,2-7H2,1H3. The molecule has 5 nitrogen and oxygen atoms in total. The first-order valence-corrected chi connectivity index (χ1v) is 5.14. The van der Waals surface area contributed by atoms with Crippen LogP contribution in [0.15, 0.2) is 12.0 Å². The van der Waals surface area contributed by atoms with Gasteiger partial charge in [0.1, 0.15) is 19.5 Å². The number of aliphatic hydroxyl groups excluding tert-OH is 1. The number of nitrogens with zero attached hydrogens (tertiary/aromatic N) is 1.